The Morgan fingerprint density at radius 2 is 1.90 bits per heavy atom. The van der Waals surface area contributed by atoms with Crippen LogP contribution in [0.2, 0.25) is 0 Å². The maximum absolute atomic E-state index is 6.00. The Morgan fingerprint density at radius 3 is 2.52 bits per heavy atom. The summed E-state index contributed by atoms with van der Waals surface area (Å²) in [4.78, 5) is 0. The van der Waals surface area contributed by atoms with E-state index in [0.29, 0.717) is 0 Å². The van der Waals surface area contributed by atoms with Crippen LogP contribution >= 0.6 is 15.9 Å². The van der Waals surface area contributed by atoms with E-state index in [9.17, 15) is 0 Å². The van der Waals surface area contributed by atoms with E-state index in [2.05, 4.69) is 73.2 Å². The van der Waals surface area contributed by atoms with Gasteiger partial charge in [-0.25, -0.2) is 0 Å². The molecular formula is C18H24BrNO. The Kier molecular flexibility index (Phi) is 5.65. The molecule has 0 saturated carbocycles. The van der Waals surface area contributed by atoms with Gasteiger partial charge in [0.25, 0.3) is 0 Å². The molecule has 1 aromatic heterocycles. The van der Waals surface area contributed by atoms with Gasteiger partial charge in [-0.3, -0.25) is 0 Å². The minimum Gasteiger partial charge on any atom is -0.464 e. The van der Waals surface area contributed by atoms with E-state index < -0.39 is 0 Å². The second-order valence-corrected chi connectivity index (χ2v) is 6.36. The molecule has 0 bridgehead atoms. The molecule has 2 aromatic rings. The lowest BCUT2D eigenvalue weighted by Crippen LogP contribution is -2.23. The van der Waals surface area contributed by atoms with Gasteiger partial charge < -0.3 is 9.73 Å². The Bertz CT molecular complexity index is 603. The van der Waals surface area contributed by atoms with Gasteiger partial charge in [0.05, 0.1) is 6.04 Å². The van der Waals surface area contributed by atoms with Crippen molar-refractivity contribution in [2.45, 2.75) is 46.6 Å². The number of aryl methyl sites for hydroxylation is 3. The number of hydrogen-bond donors (Lipinski definition) is 1. The third-order valence-electron chi connectivity index (χ3n) is 3.77. The summed E-state index contributed by atoms with van der Waals surface area (Å²) in [6, 6.07) is 8.74. The van der Waals surface area contributed by atoms with Crippen molar-refractivity contribution in [1.29, 1.82) is 0 Å². The number of hydrogen-bond acceptors (Lipinski definition) is 2. The SMILES string of the molecule is CCCNC(c1ccc(CC)o1)c1cc(C)c(Br)cc1C. The number of furan rings is 1. The molecule has 2 rings (SSSR count). The van der Waals surface area contributed by atoms with E-state index in [1.807, 2.05) is 0 Å². The van der Waals surface area contributed by atoms with Crippen molar-refractivity contribution in [2.75, 3.05) is 6.54 Å². The standard InChI is InChI=1S/C18H24BrNO/c1-5-9-20-18(17-8-7-14(6-2)21-17)15-10-13(4)16(19)11-12(15)3/h7-8,10-11,18,20H,5-6,9H2,1-4H3. The van der Waals surface area contributed by atoms with Crippen LogP contribution in [0.3, 0.4) is 0 Å². The van der Waals surface area contributed by atoms with Crippen molar-refractivity contribution < 1.29 is 4.42 Å². The summed E-state index contributed by atoms with van der Waals surface area (Å²) in [5.41, 5.74) is 3.82. The van der Waals surface area contributed by atoms with Crippen LogP contribution in [0.4, 0.5) is 0 Å². The molecule has 2 nitrogen and oxygen atoms in total. The van der Waals surface area contributed by atoms with E-state index in [1.54, 1.807) is 0 Å². The van der Waals surface area contributed by atoms with Crippen LogP contribution in [0.15, 0.2) is 33.2 Å². The zero-order chi connectivity index (χ0) is 15.4. The van der Waals surface area contributed by atoms with Crippen LogP contribution in [-0.2, 0) is 6.42 Å². The fraction of sp³-hybridized carbons (Fsp3) is 0.444. The molecule has 0 spiro atoms. The molecule has 1 aromatic carbocycles. The first-order valence-corrected chi connectivity index (χ1v) is 8.44. The van der Waals surface area contributed by atoms with Gasteiger partial charge in [-0.05, 0) is 61.7 Å². The summed E-state index contributed by atoms with van der Waals surface area (Å²) in [6.45, 7) is 9.56. The van der Waals surface area contributed by atoms with Gasteiger partial charge in [0, 0.05) is 10.9 Å². The normalized spacial score (nSPS) is 12.6. The highest BCUT2D eigenvalue weighted by molar-refractivity contribution is 9.10. The van der Waals surface area contributed by atoms with Gasteiger partial charge in [0.1, 0.15) is 11.5 Å². The number of nitrogens with one attached hydrogen (secondary N) is 1. The molecule has 21 heavy (non-hydrogen) atoms. The summed E-state index contributed by atoms with van der Waals surface area (Å²) in [7, 11) is 0. The zero-order valence-electron chi connectivity index (χ0n) is 13.3. The summed E-state index contributed by atoms with van der Waals surface area (Å²) < 4.78 is 7.16. The zero-order valence-corrected chi connectivity index (χ0v) is 14.9. The highest BCUT2D eigenvalue weighted by Gasteiger charge is 2.20. The van der Waals surface area contributed by atoms with Crippen LogP contribution in [0.1, 0.15) is 54.5 Å². The fourth-order valence-corrected chi connectivity index (χ4v) is 2.96. The lowest BCUT2D eigenvalue weighted by atomic mass is 9.97. The maximum Gasteiger partial charge on any atom is 0.125 e. The first-order valence-electron chi connectivity index (χ1n) is 7.65. The summed E-state index contributed by atoms with van der Waals surface area (Å²) >= 11 is 3.61. The fourth-order valence-electron chi connectivity index (χ4n) is 2.51. The minimum atomic E-state index is 0.122. The van der Waals surface area contributed by atoms with E-state index in [4.69, 9.17) is 4.42 Å². The average Bonchev–Trinajstić information content (AvgIpc) is 2.93. The Balaban J connectivity index is 2.42. The molecule has 1 heterocycles. The second-order valence-electron chi connectivity index (χ2n) is 5.50. The van der Waals surface area contributed by atoms with Gasteiger partial charge in [-0.15, -0.1) is 0 Å². The quantitative estimate of drug-likeness (QED) is 0.764. The van der Waals surface area contributed by atoms with Crippen molar-refractivity contribution >= 4 is 15.9 Å². The number of rotatable bonds is 6. The Hall–Kier alpha value is -1.06. The third kappa shape index (κ3) is 3.78. The highest BCUT2D eigenvalue weighted by atomic mass is 79.9. The van der Waals surface area contributed by atoms with Crippen molar-refractivity contribution in [1.82, 2.24) is 5.32 Å². The van der Waals surface area contributed by atoms with E-state index in [-0.39, 0.29) is 6.04 Å². The first-order chi connectivity index (χ1) is 10.1. The van der Waals surface area contributed by atoms with Gasteiger partial charge in [-0.2, -0.15) is 0 Å². The maximum atomic E-state index is 6.00. The van der Waals surface area contributed by atoms with Crippen molar-refractivity contribution in [3.05, 3.63) is 56.9 Å². The molecule has 1 N–H and O–H groups in total. The van der Waals surface area contributed by atoms with E-state index >= 15 is 0 Å². The van der Waals surface area contributed by atoms with Crippen molar-refractivity contribution in [2.24, 2.45) is 0 Å². The molecule has 3 heteroatoms. The Morgan fingerprint density at radius 1 is 1.14 bits per heavy atom. The third-order valence-corrected chi connectivity index (χ3v) is 4.63. The van der Waals surface area contributed by atoms with Crippen molar-refractivity contribution in [3.63, 3.8) is 0 Å². The average molecular weight is 350 g/mol. The highest BCUT2D eigenvalue weighted by Crippen LogP contribution is 2.30. The molecule has 0 fully saturated rings. The molecule has 114 valence electrons. The van der Waals surface area contributed by atoms with Crippen LogP contribution in [-0.4, -0.2) is 6.54 Å². The van der Waals surface area contributed by atoms with E-state index in [1.165, 1.54) is 16.7 Å². The largest absolute Gasteiger partial charge is 0.464 e. The molecule has 0 aliphatic carbocycles. The predicted octanol–water partition coefficient (Wildman–Crippen LogP) is 5.31. The van der Waals surface area contributed by atoms with Gasteiger partial charge in [0.2, 0.25) is 0 Å². The topological polar surface area (TPSA) is 25.2 Å². The van der Waals surface area contributed by atoms with Crippen molar-refractivity contribution in [3.8, 4) is 0 Å². The molecule has 1 unspecified atom stereocenters. The predicted molar refractivity (Wildman–Crippen MR) is 91.8 cm³/mol. The summed E-state index contributed by atoms with van der Waals surface area (Å²) in [5.74, 6) is 2.05. The van der Waals surface area contributed by atoms with E-state index in [0.717, 1.165) is 35.4 Å². The Labute approximate surface area is 136 Å². The van der Waals surface area contributed by atoms with Crippen LogP contribution in [0.25, 0.3) is 0 Å². The monoisotopic (exact) mass is 349 g/mol. The minimum absolute atomic E-state index is 0.122. The molecule has 1 atom stereocenters. The van der Waals surface area contributed by atoms with Crippen LogP contribution < -0.4 is 5.32 Å². The van der Waals surface area contributed by atoms with Gasteiger partial charge in [-0.1, -0.05) is 35.8 Å². The second kappa shape index (κ2) is 7.28. The smallest absolute Gasteiger partial charge is 0.125 e. The van der Waals surface area contributed by atoms with Crippen LogP contribution in [0, 0.1) is 13.8 Å². The summed E-state index contributed by atoms with van der Waals surface area (Å²) in [5, 5.41) is 3.62. The van der Waals surface area contributed by atoms with Gasteiger partial charge >= 0.3 is 0 Å². The lowest BCUT2D eigenvalue weighted by molar-refractivity contribution is 0.421. The molecular weight excluding hydrogens is 326 g/mol. The lowest BCUT2D eigenvalue weighted by Gasteiger charge is -2.20. The summed E-state index contributed by atoms with van der Waals surface area (Å²) in [6.07, 6.45) is 2.03. The number of benzene rings is 1. The molecule has 0 aliphatic rings. The van der Waals surface area contributed by atoms with Gasteiger partial charge in [0.15, 0.2) is 0 Å². The first kappa shape index (κ1) is 16.3. The number of halogens is 1. The molecule has 0 saturated heterocycles. The molecule has 0 aliphatic heterocycles. The van der Waals surface area contributed by atoms with Crippen LogP contribution in [0.5, 0.6) is 0 Å². The molecule has 0 amide bonds. The molecule has 0 radical (unpaired) electrons.